The van der Waals surface area contributed by atoms with Crippen LogP contribution >= 0.6 is 0 Å². The van der Waals surface area contributed by atoms with Gasteiger partial charge < -0.3 is 19.7 Å². The number of hydrogen-bond acceptors (Lipinski definition) is 5. The third-order valence-electron chi connectivity index (χ3n) is 4.91. The molecule has 0 saturated carbocycles. The number of aromatic nitrogens is 1. The first-order valence-corrected chi connectivity index (χ1v) is 8.91. The highest BCUT2D eigenvalue weighted by Crippen LogP contribution is 2.23. The number of carbonyl (C=O) groups excluding carboxylic acids is 2. The van der Waals surface area contributed by atoms with Gasteiger partial charge in [-0.25, -0.2) is 4.79 Å². The third kappa shape index (κ3) is 4.19. The first kappa shape index (κ1) is 18.7. The first-order valence-electron chi connectivity index (χ1n) is 8.91. The third-order valence-corrected chi connectivity index (χ3v) is 4.91. The van der Waals surface area contributed by atoms with Crippen LogP contribution in [0.25, 0.3) is 0 Å². The van der Waals surface area contributed by atoms with Crippen LogP contribution in [0, 0.1) is 19.1 Å². The van der Waals surface area contributed by atoms with Crippen molar-refractivity contribution in [1.82, 2.24) is 4.90 Å². The average molecular weight is 369 g/mol. The Balaban J connectivity index is 1.52. The van der Waals surface area contributed by atoms with Gasteiger partial charge >= 0.3 is 11.7 Å². The van der Waals surface area contributed by atoms with Crippen LogP contribution < -0.4 is 9.63 Å². The van der Waals surface area contributed by atoms with Gasteiger partial charge in [-0.05, 0) is 37.1 Å². The van der Waals surface area contributed by atoms with Crippen LogP contribution in [0.5, 0.6) is 0 Å². The number of aryl methyl sites for hydroxylation is 1. The molecule has 0 N–H and O–H groups in total. The minimum absolute atomic E-state index is 0.134. The van der Waals surface area contributed by atoms with Crippen molar-refractivity contribution < 1.29 is 19.1 Å². The Morgan fingerprint density at radius 3 is 2.52 bits per heavy atom. The Morgan fingerprint density at radius 2 is 1.81 bits per heavy atom. The molecule has 0 spiro atoms. The standard InChI is InChI=1S/C20H23N3O4/c1-15-6-5-8-17(16(15)2)21-10-12-22(13-11-21)19(24)14-27-20(25)18-7-3-4-9-23(18)26/h3-9H,10-14H2,1-2H3. The van der Waals surface area contributed by atoms with Crippen molar-refractivity contribution in [3.63, 3.8) is 0 Å². The lowest BCUT2D eigenvalue weighted by molar-refractivity contribution is -0.608. The lowest BCUT2D eigenvalue weighted by atomic mass is 10.1. The van der Waals surface area contributed by atoms with Crippen molar-refractivity contribution in [2.24, 2.45) is 0 Å². The second kappa shape index (κ2) is 8.07. The highest BCUT2D eigenvalue weighted by Gasteiger charge is 2.24. The van der Waals surface area contributed by atoms with Gasteiger partial charge in [-0.3, -0.25) is 4.79 Å². The summed E-state index contributed by atoms with van der Waals surface area (Å²) in [6.07, 6.45) is 1.21. The molecule has 7 nitrogen and oxygen atoms in total. The van der Waals surface area contributed by atoms with Crippen molar-refractivity contribution in [2.75, 3.05) is 37.7 Å². The van der Waals surface area contributed by atoms with Gasteiger partial charge in [-0.2, -0.15) is 4.73 Å². The molecule has 0 unspecified atom stereocenters. The Kier molecular flexibility index (Phi) is 5.59. The second-order valence-electron chi connectivity index (χ2n) is 6.57. The van der Waals surface area contributed by atoms with Crippen molar-refractivity contribution in [2.45, 2.75) is 13.8 Å². The lowest BCUT2D eigenvalue weighted by Crippen LogP contribution is -2.50. The molecule has 1 aliphatic rings. The molecule has 27 heavy (non-hydrogen) atoms. The fraction of sp³-hybridized carbons (Fsp3) is 0.350. The minimum atomic E-state index is -0.798. The summed E-state index contributed by atoms with van der Waals surface area (Å²) < 4.78 is 5.43. The van der Waals surface area contributed by atoms with Crippen LogP contribution in [0.3, 0.4) is 0 Å². The Morgan fingerprint density at radius 1 is 1.07 bits per heavy atom. The molecular weight excluding hydrogens is 346 g/mol. The zero-order valence-electron chi connectivity index (χ0n) is 15.6. The number of hydrogen-bond donors (Lipinski definition) is 0. The molecule has 2 aromatic rings. The Hall–Kier alpha value is -3.09. The van der Waals surface area contributed by atoms with E-state index in [4.69, 9.17) is 4.74 Å². The molecule has 3 rings (SSSR count). The van der Waals surface area contributed by atoms with E-state index in [9.17, 15) is 14.8 Å². The fourth-order valence-corrected chi connectivity index (χ4v) is 3.15. The number of rotatable bonds is 4. The zero-order chi connectivity index (χ0) is 19.4. The highest BCUT2D eigenvalue weighted by atomic mass is 16.5. The molecule has 142 valence electrons. The van der Waals surface area contributed by atoms with Crippen molar-refractivity contribution >= 4 is 17.6 Å². The first-order chi connectivity index (χ1) is 13.0. The van der Waals surface area contributed by atoms with E-state index in [2.05, 4.69) is 30.9 Å². The largest absolute Gasteiger partial charge is 0.618 e. The predicted molar refractivity (Wildman–Crippen MR) is 100 cm³/mol. The highest BCUT2D eigenvalue weighted by molar-refractivity contribution is 5.88. The molecule has 1 aromatic carbocycles. The van der Waals surface area contributed by atoms with Crippen LogP contribution in [0.2, 0.25) is 0 Å². The van der Waals surface area contributed by atoms with Gasteiger partial charge in [0, 0.05) is 44.0 Å². The number of benzene rings is 1. The van der Waals surface area contributed by atoms with E-state index in [1.807, 2.05) is 6.07 Å². The summed E-state index contributed by atoms with van der Waals surface area (Å²) in [7, 11) is 0. The SMILES string of the molecule is Cc1cccc(N2CCN(C(=O)COC(=O)c3cccc[n+]3[O-])CC2)c1C. The van der Waals surface area contributed by atoms with E-state index in [0.717, 1.165) is 13.1 Å². The van der Waals surface area contributed by atoms with E-state index < -0.39 is 5.97 Å². The smallest absolute Gasteiger partial charge is 0.405 e. The second-order valence-corrected chi connectivity index (χ2v) is 6.57. The van der Waals surface area contributed by atoms with Gasteiger partial charge in [0.2, 0.25) is 0 Å². The topological polar surface area (TPSA) is 76.8 Å². The molecule has 1 amide bonds. The van der Waals surface area contributed by atoms with Crippen molar-refractivity contribution in [1.29, 1.82) is 0 Å². The number of ether oxygens (including phenoxy) is 1. The van der Waals surface area contributed by atoms with Gasteiger partial charge in [-0.1, -0.05) is 12.1 Å². The summed E-state index contributed by atoms with van der Waals surface area (Å²) in [6, 6.07) is 10.7. The maximum Gasteiger partial charge on any atom is 0.405 e. The molecule has 0 bridgehead atoms. The molecule has 1 aliphatic heterocycles. The number of carbonyl (C=O) groups is 2. The summed E-state index contributed by atoms with van der Waals surface area (Å²) in [5.74, 6) is -1.05. The van der Waals surface area contributed by atoms with Gasteiger partial charge in [0.25, 0.3) is 5.91 Å². The van der Waals surface area contributed by atoms with Crippen LogP contribution in [0.15, 0.2) is 42.6 Å². The normalized spacial score (nSPS) is 14.1. The number of pyridine rings is 1. The maximum absolute atomic E-state index is 12.3. The molecule has 0 atom stereocenters. The van der Waals surface area contributed by atoms with Gasteiger partial charge in [0.05, 0.1) is 0 Å². The van der Waals surface area contributed by atoms with Crippen molar-refractivity contribution in [3.8, 4) is 0 Å². The average Bonchev–Trinajstić information content (AvgIpc) is 2.68. The molecule has 0 aliphatic carbocycles. The number of nitrogens with zero attached hydrogens (tertiary/aromatic N) is 3. The minimum Gasteiger partial charge on any atom is -0.618 e. The van der Waals surface area contributed by atoms with E-state index in [0.29, 0.717) is 17.8 Å². The molecule has 7 heteroatoms. The maximum atomic E-state index is 12.3. The van der Waals surface area contributed by atoms with Gasteiger partial charge in [0.1, 0.15) is 0 Å². The fourth-order valence-electron chi connectivity index (χ4n) is 3.15. The van der Waals surface area contributed by atoms with Gasteiger partial charge in [-0.15, -0.1) is 0 Å². The summed E-state index contributed by atoms with van der Waals surface area (Å²) in [4.78, 5) is 28.2. The number of amides is 1. The van der Waals surface area contributed by atoms with E-state index in [1.165, 1.54) is 35.1 Å². The molecule has 1 saturated heterocycles. The molecule has 1 fully saturated rings. The Labute approximate surface area is 158 Å². The predicted octanol–water partition coefficient (Wildman–Crippen LogP) is 1.44. The molecule has 0 radical (unpaired) electrons. The van der Waals surface area contributed by atoms with Crippen LogP contribution in [0.1, 0.15) is 21.6 Å². The zero-order valence-corrected chi connectivity index (χ0v) is 15.6. The van der Waals surface area contributed by atoms with E-state index in [-0.39, 0.29) is 18.2 Å². The summed E-state index contributed by atoms with van der Waals surface area (Å²) >= 11 is 0. The van der Waals surface area contributed by atoms with Crippen molar-refractivity contribution in [3.05, 3.63) is 64.6 Å². The molecule has 2 heterocycles. The number of esters is 1. The molecular formula is C20H23N3O4. The van der Waals surface area contributed by atoms with E-state index >= 15 is 0 Å². The Bertz CT molecular complexity index is 845. The van der Waals surface area contributed by atoms with Gasteiger partial charge in [0.15, 0.2) is 12.8 Å². The van der Waals surface area contributed by atoms with Crippen LogP contribution in [-0.2, 0) is 9.53 Å². The van der Waals surface area contributed by atoms with Crippen LogP contribution in [-0.4, -0.2) is 49.6 Å². The summed E-state index contributed by atoms with van der Waals surface area (Å²) in [5, 5.41) is 11.5. The van der Waals surface area contributed by atoms with Crippen LogP contribution in [0.4, 0.5) is 5.69 Å². The monoisotopic (exact) mass is 369 g/mol. The summed E-state index contributed by atoms with van der Waals surface area (Å²) in [5.41, 5.74) is 3.55. The van der Waals surface area contributed by atoms with E-state index in [1.54, 1.807) is 11.0 Å². The lowest BCUT2D eigenvalue weighted by Gasteiger charge is -2.37. The quantitative estimate of drug-likeness (QED) is 0.463. The summed E-state index contributed by atoms with van der Waals surface area (Å²) in [6.45, 7) is 6.41. The molecule has 1 aromatic heterocycles. The number of anilines is 1. The number of piperazine rings is 1.